The van der Waals surface area contributed by atoms with Crippen molar-refractivity contribution in [3.8, 4) is 0 Å². The number of guanidine groups is 1. The average molecular weight is 536 g/mol. The Hall–Kier alpha value is -0.420. The van der Waals surface area contributed by atoms with E-state index in [-0.39, 0.29) is 24.0 Å². The highest BCUT2D eigenvalue weighted by atomic mass is 127. The number of morpholine rings is 1. The van der Waals surface area contributed by atoms with Crippen molar-refractivity contribution in [1.29, 1.82) is 0 Å². The van der Waals surface area contributed by atoms with E-state index >= 15 is 0 Å². The summed E-state index contributed by atoms with van der Waals surface area (Å²) in [7, 11) is 1.87. The fraction of sp³-hybridized carbons (Fsp3) is 0.762. The van der Waals surface area contributed by atoms with Crippen LogP contribution in [0.1, 0.15) is 44.0 Å². The second-order valence-electron chi connectivity index (χ2n) is 7.82. The molecule has 2 aliphatic heterocycles. The molecule has 0 aliphatic carbocycles. The maximum atomic E-state index is 5.75. The summed E-state index contributed by atoms with van der Waals surface area (Å²) in [6.45, 7) is 11.4. The van der Waals surface area contributed by atoms with Crippen molar-refractivity contribution in [2.24, 2.45) is 4.99 Å². The normalized spacial score (nSPS) is 25.3. The number of ether oxygens (including phenoxy) is 1. The Kier molecular flexibility index (Phi) is 11.2. The molecule has 29 heavy (non-hydrogen) atoms. The number of likely N-dealkylation sites (tertiary alicyclic amines) is 1. The zero-order valence-corrected chi connectivity index (χ0v) is 21.2. The van der Waals surface area contributed by atoms with Crippen molar-refractivity contribution in [2.45, 2.75) is 51.3 Å². The van der Waals surface area contributed by atoms with Crippen LogP contribution in [0.25, 0.3) is 0 Å². The summed E-state index contributed by atoms with van der Waals surface area (Å²) in [6.07, 6.45) is 4.24. The van der Waals surface area contributed by atoms with E-state index in [1.54, 1.807) is 0 Å². The van der Waals surface area contributed by atoms with Crippen LogP contribution in [0.3, 0.4) is 0 Å². The summed E-state index contributed by atoms with van der Waals surface area (Å²) in [5.41, 5.74) is 0. The Morgan fingerprint density at radius 2 is 2.21 bits per heavy atom. The van der Waals surface area contributed by atoms with Gasteiger partial charge in [0.1, 0.15) is 0 Å². The topological polar surface area (TPSA) is 52.1 Å². The van der Waals surface area contributed by atoms with Gasteiger partial charge in [-0.2, -0.15) is 0 Å². The fourth-order valence-electron chi connectivity index (χ4n) is 4.35. The number of likely N-dealkylation sites (N-methyl/N-ethyl adjacent to an activating group) is 1. The summed E-state index contributed by atoms with van der Waals surface area (Å²) in [4.78, 5) is 11.0. The lowest BCUT2D eigenvalue weighted by Crippen LogP contribution is -2.51. The molecule has 0 radical (unpaired) electrons. The molecule has 0 aromatic carbocycles. The van der Waals surface area contributed by atoms with Crippen LogP contribution in [0.2, 0.25) is 0 Å². The number of hydrogen-bond donors (Lipinski definition) is 2. The van der Waals surface area contributed by atoms with Crippen molar-refractivity contribution in [3.05, 3.63) is 22.4 Å². The maximum Gasteiger partial charge on any atom is 0.191 e. The minimum absolute atomic E-state index is 0. The number of nitrogens with one attached hydrogen (secondary N) is 2. The lowest BCUT2D eigenvalue weighted by molar-refractivity contribution is -0.0334. The number of aliphatic imine (C=N–C) groups is 1. The van der Waals surface area contributed by atoms with E-state index in [9.17, 15) is 0 Å². The second kappa shape index (κ2) is 13.1. The molecule has 2 fully saturated rings. The summed E-state index contributed by atoms with van der Waals surface area (Å²) in [5.74, 6) is 0.907. The van der Waals surface area contributed by atoms with Gasteiger partial charge in [0, 0.05) is 44.1 Å². The standard InChI is InChI=1S/C21H37N5OS.HI/c1-4-25-10-6-5-8-18(25)14-23-21(22-3)24-15-19(20-9-7-13-28-20)26-11-12-27-17(2)16-26;/h7,9,13,17-19H,4-6,8,10-12,14-16H2,1-3H3,(H2,22,23,24);1H. The van der Waals surface area contributed by atoms with Crippen molar-refractivity contribution < 1.29 is 4.74 Å². The average Bonchev–Trinajstić information content (AvgIpc) is 3.25. The summed E-state index contributed by atoms with van der Waals surface area (Å²) in [6, 6.07) is 5.36. The van der Waals surface area contributed by atoms with E-state index in [1.807, 2.05) is 18.4 Å². The molecular weight excluding hydrogens is 497 g/mol. The number of rotatable bonds is 7. The third-order valence-electron chi connectivity index (χ3n) is 5.93. The largest absolute Gasteiger partial charge is 0.376 e. The molecule has 3 unspecified atom stereocenters. The monoisotopic (exact) mass is 535 g/mol. The predicted octanol–water partition coefficient (Wildman–Crippen LogP) is 3.17. The highest BCUT2D eigenvalue weighted by Gasteiger charge is 2.27. The van der Waals surface area contributed by atoms with Crippen molar-refractivity contribution in [3.63, 3.8) is 0 Å². The Morgan fingerprint density at radius 1 is 1.34 bits per heavy atom. The highest BCUT2D eigenvalue weighted by Crippen LogP contribution is 2.26. The van der Waals surface area contributed by atoms with Crippen molar-refractivity contribution in [2.75, 3.05) is 52.9 Å². The predicted molar refractivity (Wildman–Crippen MR) is 134 cm³/mol. The Balaban J connectivity index is 0.00000300. The van der Waals surface area contributed by atoms with Crippen LogP contribution in [0.4, 0.5) is 0 Å². The first-order chi connectivity index (χ1) is 13.7. The molecule has 6 nitrogen and oxygen atoms in total. The molecule has 2 aliphatic rings. The number of piperidine rings is 1. The lowest BCUT2D eigenvalue weighted by atomic mass is 10.0. The Morgan fingerprint density at radius 3 is 2.90 bits per heavy atom. The molecule has 3 atom stereocenters. The van der Waals surface area contributed by atoms with Crippen LogP contribution in [-0.2, 0) is 4.74 Å². The molecule has 2 N–H and O–H groups in total. The van der Waals surface area contributed by atoms with Crippen LogP contribution in [0, 0.1) is 0 Å². The summed E-state index contributed by atoms with van der Waals surface area (Å²) in [5, 5.41) is 9.33. The molecule has 1 aromatic heterocycles. The summed E-state index contributed by atoms with van der Waals surface area (Å²) < 4.78 is 5.75. The summed E-state index contributed by atoms with van der Waals surface area (Å²) >= 11 is 1.84. The van der Waals surface area contributed by atoms with Gasteiger partial charge >= 0.3 is 0 Å². The van der Waals surface area contributed by atoms with Gasteiger partial charge in [0.25, 0.3) is 0 Å². The van der Waals surface area contributed by atoms with Crippen LogP contribution in [0.15, 0.2) is 22.5 Å². The minimum Gasteiger partial charge on any atom is -0.376 e. The van der Waals surface area contributed by atoms with Crippen molar-refractivity contribution >= 4 is 41.3 Å². The quantitative estimate of drug-likeness (QED) is 0.319. The molecule has 0 spiro atoms. The van der Waals surface area contributed by atoms with Crippen LogP contribution in [-0.4, -0.2) is 80.8 Å². The molecule has 1 aromatic rings. The molecular formula is C21H38IN5OS. The zero-order chi connectivity index (χ0) is 19.8. The first-order valence-corrected chi connectivity index (χ1v) is 11.7. The SMILES string of the molecule is CCN1CCCCC1CNC(=NC)NCC(c1cccs1)N1CCOC(C)C1.I. The molecule has 166 valence electrons. The number of halogens is 1. The second-order valence-corrected chi connectivity index (χ2v) is 8.80. The first-order valence-electron chi connectivity index (χ1n) is 10.8. The van der Waals surface area contributed by atoms with Crippen LogP contribution < -0.4 is 10.6 Å². The third-order valence-corrected chi connectivity index (χ3v) is 6.91. The van der Waals surface area contributed by atoms with Crippen LogP contribution in [0.5, 0.6) is 0 Å². The van der Waals surface area contributed by atoms with Crippen LogP contribution >= 0.6 is 35.3 Å². The van der Waals surface area contributed by atoms with Gasteiger partial charge in [-0.25, -0.2) is 0 Å². The smallest absolute Gasteiger partial charge is 0.191 e. The number of thiophene rings is 1. The molecule has 3 heterocycles. The Labute approximate surface area is 197 Å². The molecule has 8 heteroatoms. The first kappa shape index (κ1) is 24.8. The van der Waals surface area contributed by atoms with Gasteiger partial charge in [0.05, 0.1) is 18.8 Å². The van der Waals surface area contributed by atoms with E-state index in [1.165, 1.54) is 30.7 Å². The van der Waals surface area contributed by atoms with Gasteiger partial charge in [0.2, 0.25) is 0 Å². The molecule has 2 saturated heterocycles. The van der Waals surface area contributed by atoms with E-state index in [2.05, 4.69) is 56.8 Å². The molecule has 3 rings (SSSR count). The van der Waals surface area contributed by atoms with E-state index in [0.29, 0.717) is 18.2 Å². The van der Waals surface area contributed by atoms with E-state index in [4.69, 9.17) is 4.74 Å². The third kappa shape index (κ3) is 7.34. The van der Waals surface area contributed by atoms with Gasteiger partial charge in [0.15, 0.2) is 5.96 Å². The van der Waals surface area contributed by atoms with Gasteiger partial charge in [-0.15, -0.1) is 35.3 Å². The van der Waals surface area contributed by atoms with Gasteiger partial charge < -0.3 is 15.4 Å². The van der Waals surface area contributed by atoms with E-state index in [0.717, 1.165) is 45.3 Å². The highest BCUT2D eigenvalue weighted by molar-refractivity contribution is 14.0. The van der Waals surface area contributed by atoms with Gasteiger partial charge in [-0.05, 0) is 44.3 Å². The van der Waals surface area contributed by atoms with Gasteiger partial charge in [-0.3, -0.25) is 14.8 Å². The zero-order valence-electron chi connectivity index (χ0n) is 18.1. The fourth-order valence-corrected chi connectivity index (χ4v) is 5.22. The van der Waals surface area contributed by atoms with Gasteiger partial charge in [-0.1, -0.05) is 19.4 Å². The minimum atomic E-state index is 0. The number of nitrogens with zero attached hydrogens (tertiary/aromatic N) is 3. The van der Waals surface area contributed by atoms with E-state index < -0.39 is 0 Å². The molecule has 0 saturated carbocycles. The van der Waals surface area contributed by atoms with Crippen molar-refractivity contribution in [1.82, 2.24) is 20.4 Å². The number of hydrogen-bond acceptors (Lipinski definition) is 5. The lowest BCUT2D eigenvalue weighted by Gasteiger charge is -2.37. The molecule has 0 amide bonds. The molecule has 0 bridgehead atoms. The maximum absolute atomic E-state index is 5.75. The Bertz CT molecular complexity index is 600.